The highest BCUT2D eigenvalue weighted by Crippen LogP contribution is 2.36. The molecule has 0 fully saturated rings. The second kappa shape index (κ2) is 8.22. The largest absolute Gasteiger partial charge is 0.497 e. The molecule has 150 valence electrons. The second-order valence-electron chi connectivity index (χ2n) is 6.39. The van der Waals surface area contributed by atoms with Gasteiger partial charge in [0.15, 0.2) is 5.76 Å². The van der Waals surface area contributed by atoms with E-state index >= 15 is 0 Å². The number of hydrogen-bond donors (Lipinski definition) is 0. The molecule has 0 saturated carbocycles. The smallest absolute Gasteiger partial charge is 0.343 e. The van der Waals surface area contributed by atoms with Crippen molar-refractivity contribution in [3.05, 3.63) is 93.2 Å². The van der Waals surface area contributed by atoms with Crippen molar-refractivity contribution in [2.24, 2.45) is 0 Å². The molecule has 1 heterocycles. The number of hydrogen-bond acceptors (Lipinski definition) is 5. The summed E-state index contributed by atoms with van der Waals surface area (Å²) in [5.74, 6) is 0.365. The van der Waals surface area contributed by atoms with E-state index in [9.17, 15) is 9.59 Å². The maximum atomic E-state index is 12.6. The monoisotopic (exact) mass is 440 g/mol. The predicted octanol–water partition coefficient (Wildman–Crippen LogP) is 5.84. The van der Waals surface area contributed by atoms with Gasteiger partial charge < -0.3 is 14.2 Å². The van der Waals surface area contributed by atoms with Crippen molar-refractivity contribution < 1.29 is 23.8 Å². The molecule has 1 aliphatic heterocycles. The molecular weight excluding hydrogens is 427 g/mol. The number of ether oxygens (including phenoxy) is 3. The number of halogens is 2. The maximum Gasteiger partial charge on any atom is 0.343 e. The summed E-state index contributed by atoms with van der Waals surface area (Å²) >= 11 is 12.1. The SMILES string of the molecule is COc1cccc(C(=O)Oc2ccc3c(c2)O/C(=C\c2ccc(Cl)cc2Cl)C3=O)c1. The maximum absolute atomic E-state index is 12.6. The van der Waals surface area contributed by atoms with Crippen molar-refractivity contribution in [3.63, 3.8) is 0 Å². The Morgan fingerprint density at radius 1 is 1.00 bits per heavy atom. The van der Waals surface area contributed by atoms with Gasteiger partial charge in [0.05, 0.1) is 18.2 Å². The van der Waals surface area contributed by atoms with Crippen LogP contribution in [0.4, 0.5) is 0 Å². The zero-order valence-corrected chi connectivity index (χ0v) is 17.2. The summed E-state index contributed by atoms with van der Waals surface area (Å²) in [6, 6.07) is 16.1. The number of allylic oxidation sites excluding steroid dienone is 1. The zero-order chi connectivity index (χ0) is 21.3. The normalized spacial score (nSPS) is 13.7. The van der Waals surface area contributed by atoms with Gasteiger partial charge in [0, 0.05) is 16.1 Å². The second-order valence-corrected chi connectivity index (χ2v) is 7.23. The highest BCUT2D eigenvalue weighted by molar-refractivity contribution is 6.35. The number of esters is 1. The Bertz CT molecular complexity index is 1200. The summed E-state index contributed by atoms with van der Waals surface area (Å²) in [6.45, 7) is 0. The van der Waals surface area contributed by atoms with E-state index in [0.29, 0.717) is 38.2 Å². The minimum Gasteiger partial charge on any atom is -0.497 e. The Labute approximate surface area is 182 Å². The Hall–Kier alpha value is -3.28. The fourth-order valence-corrected chi connectivity index (χ4v) is 3.37. The fourth-order valence-electron chi connectivity index (χ4n) is 2.91. The molecule has 5 nitrogen and oxygen atoms in total. The van der Waals surface area contributed by atoms with Gasteiger partial charge in [0.25, 0.3) is 0 Å². The molecule has 30 heavy (non-hydrogen) atoms. The van der Waals surface area contributed by atoms with Gasteiger partial charge in [-0.25, -0.2) is 4.79 Å². The van der Waals surface area contributed by atoms with Crippen LogP contribution in [0.3, 0.4) is 0 Å². The van der Waals surface area contributed by atoms with Crippen LogP contribution in [0.15, 0.2) is 66.4 Å². The van der Waals surface area contributed by atoms with Crippen LogP contribution in [0.25, 0.3) is 6.08 Å². The number of fused-ring (bicyclic) bond motifs is 1. The first-order chi connectivity index (χ1) is 14.4. The van der Waals surface area contributed by atoms with Gasteiger partial charge >= 0.3 is 5.97 Å². The zero-order valence-electron chi connectivity index (χ0n) is 15.6. The molecule has 1 aliphatic rings. The third-order valence-corrected chi connectivity index (χ3v) is 4.97. The summed E-state index contributed by atoms with van der Waals surface area (Å²) in [5.41, 5.74) is 1.30. The molecule has 4 rings (SSSR count). The minimum absolute atomic E-state index is 0.116. The van der Waals surface area contributed by atoms with Gasteiger partial charge in [-0.2, -0.15) is 0 Å². The lowest BCUT2D eigenvalue weighted by Gasteiger charge is -2.07. The molecule has 0 radical (unpaired) electrons. The quantitative estimate of drug-likeness (QED) is 0.289. The molecule has 0 aromatic heterocycles. The van der Waals surface area contributed by atoms with Gasteiger partial charge in [0.2, 0.25) is 5.78 Å². The third-order valence-electron chi connectivity index (χ3n) is 4.41. The standard InChI is InChI=1S/C23H14Cl2O5/c1-28-16-4-2-3-14(9-16)23(27)29-17-7-8-18-20(12-17)30-21(22(18)26)10-13-5-6-15(24)11-19(13)25/h2-12H,1H3/b21-10-. The van der Waals surface area contributed by atoms with E-state index in [4.69, 9.17) is 37.4 Å². The number of carbonyl (C=O) groups excluding carboxylic acids is 2. The van der Waals surface area contributed by atoms with Crippen LogP contribution >= 0.6 is 23.2 Å². The van der Waals surface area contributed by atoms with Crippen LogP contribution < -0.4 is 14.2 Å². The van der Waals surface area contributed by atoms with Crippen molar-refractivity contribution in [2.45, 2.75) is 0 Å². The molecule has 0 atom stereocenters. The van der Waals surface area contributed by atoms with E-state index in [1.165, 1.54) is 19.2 Å². The molecule has 0 amide bonds. The molecule has 3 aromatic carbocycles. The molecule has 0 N–H and O–H groups in total. The van der Waals surface area contributed by atoms with Gasteiger partial charge in [-0.1, -0.05) is 35.3 Å². The summed E-state index contributed by atoms with van der Waals surface area (Å²) in [7, 11) is 1.52. The lowest BCUT2D eigenvalue weighted by atomic mass is 10.1. The van der Waals surface area contributed by atoms with Gasteiger partial charge in [-0.05, 0) is 54.1 Å². The number of carbonyl (C=O) groups is 2. The molecule has 7 heteroatoms. The van der Waals surface area contributed by atoms with E-state index in [-0.39, 0.29) is 17.3 Å². The Kier molecular flexibility index (Phi) is 5.48. The van der Waals surface area contributed by atoms with Crippen molar-refractivity contribution in [1.82, 2.24) is 0 Å². The number of benzene rings is 3. The highest BCUT2D eigenvalue weighted by Gasteiger charge is 2.28. The van der Waals surface area contributed by atoms with Crippen molar-refractivity contribution in [1.29, 1.82) is 0 Å². The van der Waals surface area contributed by atoms with Crippen LogP contribution in [0.5, 0.6) is 17.2 Å². The minimum atomic E-state index is -0.554. The highest BCUT2D eigenvalue weighted by atomic mass is 35.5. The average Bonchev–Trinajstić information content (AvgIpc) is 3.05. The van der Waals surface area contributed by atoms with E-state index in [1.54, 1.807) is 54.6 Å². The molecule has 0 aliphatic carbocycles. The Balaban J connectivity index is 1.56. The van der Waals surface area contributed by atoms with E-state index in [2.05, 4.69) is 0 Å². The van der Waals surface area contributed by atoms with E-state index in [0.717, 1.165) is 0 Å². The number of rotatable bonds is 4. The summed E-state index contributed by atoms with van der Waals surface area (Å²) in [4.78, 5) is 25.0. The Morgan fingerprint density at radius 2 is 1.83 bits per heavy atom. The van der Waals surface area contributed by atoms with Crippen LogP contribution in [0, 0.1) is 0 Å². The first kappa shape index (κ1) is 20.0. The molecular formula is C23H14Cl2O5. The average molecular weight is 441 g/mol. The predicted molar refractivity (Wildman–Crippen MR) is 114 cm³/mol. The first-order valence-electron chi connectivity index (χ1n) is 8.84. The number of methoxy groups -OCH3 is 1. The van der Waals surface area contributed by atoms with Crippen molar-refractivity contribution in [2.75, 3.05) is 7.11 Å². The topological polar surface area (TPSA) is 61.8 Å². The Morgan fingerprint density at radius 3 is 2.60 bits per heavy atom. The molecule has 0 saturated heterocycles. The summed E-state index contributed by atoms with van der Waals surface area (Å²) < 4.78 is 16.2. The molecule has 0 unspecified atom stereocenters. The molecule has 3 aromatic rings. The summed E-state index contributed by atoms with van der Waals surface area (Å²) in [5, 5.41) is 0.891. The van der Waals surface area contributed by atoms with Crippen LogP contribution in [0.2, 0.25) is 10.0 Å². The lowest BCUT2D eigenvalue weighted by Crippen LogP contribution is -2.08. The molecule has 0 bridgehead atoms. The third kappa shape index (κ3) is 4.03. The molecule has 0 spiro atoms. The van der Waals surface area contributed by atoms with Crippen LogP contribution in [0.1, 0.15) is 26.3 Å². The van der Waals surface area contributed by atoms with E-state index < -0.39 is 5.97 Å². The fraction of sp³-hybridized carbons (Fsp3) is 0.0435. The van der Waals surface area contributed by atoms with Crippen LogP contribution in [-0.4, -0.2) is 18.9 Å². The van der Waals surface area contributed by atoms with Gasteiger partial charge in [-0.3, -0.25) is 4.79 Å². The first-order valence-corrected chi connectivity index (χ1v) is 9.60. The van der Waals surface area contributed by atoms with E-state index in [1.807, 2.05) is 0 Å². The number of ketones is 1. The lowest BCUT2D eigenvalue weighted by molar-refractivity contribution is 0.0734. The van der Waals surface area contributed by atoms with Crippen molar-refractivity contribution >= 4 is 41.0 Å². The summed E-state index contributed by atoms with van der Waals surface area (Å²) in [6.07, 6.45) is 1.54. The van der Waals surface area contributed by atoms with Gasteiger partial charge in [-0.15, -0.1) is 0 Å². The van der Waals surface area contributed by atoms with Gasteiger partial charge in [0.1, 0.15) is 17.2 Å². The van der Waals surface area contributed by atoms with Crippen molar-refractivity contribution in [3.8, 4) is 17.2 Å². The number of Topliss-reactive ketones (excluding diaryl/α,β-unsaturated/α-hetero) is 1. The van der Waals surface area contributed by atoms with Crippen LogP contribution in [-0.2, 0) is 0 Å².